The van der Waals surface area contributed by atoms with Crippen molar-refractivity contribution >= 4 is 22.9 Å². The van der Waals surface area contributed by atoms with E-state index >= 15 is 0 Å². The van der Waals surface area contributed by atoms with Gasteiger partial charge in [0.15, 0.2) is 0 Å². The van der Waals surface area contributed by atoms with Gasteiger partial charge in [0, 0.05) is 42.1 Å². The van der Waals surface area contributed by atoms with Crippen LogP contribution in [0, 0.1) is 0 Å². The van der Waals surface area contributed by atoms with E-state index in [-0.39, 0.29) is 6.04 Å². The minimum absolute atomic E-state index is 0.289. The number of ether oxygens (including phenoxy) is 1. The number of halogens is 1. The summed E-state index contributed by atoms with van der Waals surface area (Å²) in [5, 5.41) is 6.54. The van der Waals surface area contributed by atoms with E-state index in [0.717, 1.165) is 44.4 Å². The lowest BCUT2D eigenvalue weighted by Crippen LogP contribution is -2.42. The highest BCUT2D eigenvalue weighted by atomic mass is 35.5. The first-order chi connectivity index (χ1) is 10.8. The number of thiophene rings is 1. The summed E-state index contributed by atoms with van der Waals surface area (Å²) in [6.45, 7) is 5.30. The minimum atomic E-state index is 0.289. The second-order valence-electron chi connectivity index (χ2n) is 5.40. The lowest BCUT2D eigenvalue weighted by molar-refractivity contribution is 0.0161. The smallest absolute Gasteiger partial charge is 0.0594 e. The normalized spacial score (nSPS) is 17.5. The Morgan fingerprint density at radius 2 is 2.00 bits per heavy atom. The lowest BCUT2D eigenvalue weighted by Gasteiger charge is -2.35. The molecule has 0 aliphatic carbocycles. The summed E-state index contributed by atoms with van der Waals surface area (Å²) in [4.78, 5) is 3.83. The van der Waals surface area contributed by atoms with Gasteiger partial charge in [0.05, 0.1) is 13.2 Å². The highest BCUT2D eigenvalue weighted by Gasteiger charge is 2.23. The quantitative estimate of drug-likeness (QED) is 0.872. The fourth-order valence-corrected chi connectivity index (χ4v) is 3.75. The summed E-state index contributed by atoms with van der Waals surface area (Å²) < 4.78 is 5.49. The zero-order chi connectivity index (χ0) is 15.2. The molecule has 1 aromatic carbocycles. The lowest BCUT2D eigenvalue weighted by atomic mass is 10.0. The molecule has 0 bridgehead atoms. The SMILES string of the molecule is Clc1ccccc1C(CNCc1cccs1)N1CCOCC1. The van der Waals surface area contributed by atoms with Crippen molar-refractivity contribution in [1.82, 2.24) is 10.2 Å². The fraction of sp³-hybridized carbons (Fsp3) is 0.412. The molecular weight excluding hydrogens is 316 g/mol. The summed E-state index contributed by atoms with van der Waals surface area (Å²) in [5.41, 5.74) is 1.20. The van der Waals surface area contributed by atoms with Crippen LogP contribution in [0.2, 0.25) is 5.02 Å². The Morgan fingerprint density at radius 1 is 1.18 bits per heavy atom. The number of nitrogens with one attached hydrogen (secondary N) is 1. The molecule has 0 radical (unpaired) electrons. The molecule has 3 rings (SSSR count). The van der Waals surface area contributed by atoms with E-state index in [1.807, 2.05) is 12.1 Å². The molecule has 1 N–H and O–H groups in total. The predicted octanol–water partition coefficient (Wildman–Crippen LogP) is 3.56. The van der Waals surface area contributed by atoms with Crippen LogP contribution in [0.25, 0.3) is 0 Å². The van der Waals surface area contributed by atoms with Crippen molar-refractivity contribution in [2.24, 2.45) is 0 Å². The number of morpholine rings is 1. The Labute approximate surface area is 140 Å². The first kappa shape index (κ1) is 16.0. The summed E-state index contributed by atoms with van der Waals surface area (Å²) in [7, 11) is 0. The van der Waals surface area contributed by atoms with Crippen LogP contribution in [0.1, 0.15) is 16.5 Å². The van der Waals surface area contributed by atoms with Gasteiger partial charge in [-0.25, -0.2) is 0 Å². The van der Waals surface area contributed by atoms with Crippen molar-refractivity contribution < 1.29 is 4.74 Å². The van der Waals surface area contributed by atoms with Gasteiger partial charge < -0.3 is 10.1 Å². The molecule has 3 nitrogen and oxygen atoms in total. The van der Waals surface area contributed by atoms with Crippen LogP contribution in [0.4, 0.5) is 0 Å². The molecule has 0 saturated carbocycles. The van der Waals surface area contributed by atoms with Gasteiger partial charge >= 0.3 is 0 Å². The number of hydrogen-bond acceptors (Lipinski definition) is 4. The number of hydrogen-bond donors (Lipinski definition) is 1. The Balaban J connectivity index is 1.69. The van der Waals surface area contributed by atoms with Crippen molar-refractivity contribution in [3.8, 4) is 0 Å². The molecule has 0 spiro atoms. The Bertz CT molecular complexity index is 570. The maximum atomic E-state index is 6.43. The van der Waals surface area contributed by atoms with Crippen LogP contribution < -0.4 is 5.32 Å². The molecule has 1 fully saturated rings. The van der Waals surface area contributed by atoms with Gasteiger partial charge in [-0.2, -0.15) is 0 Å². The molecule has 2 heterocycles. The highest BCUT2D eigenvalue weighted by Crippen LogP contribution is 2.27. The molecule has 22 heavy (non-hydrogen) atoms. The van der Waals surface area contributed by atoms with E-state index in [1.165, 1.54) is 10.4 Å². The molecular formula is C17H21ClN2OS. The molecule has 1 aliphatic rings. The van der Waals surface area contributed by atoms with Crippen LogP contribution in [-0.4, -0.2) is 37.7 Å². The average Bonchev–Trinajstić information content (AvgIpc) is 3.07. The summed E-state index contributed by atoms with van der Waals surface area (Å²) in [5.74, 6) is 0. The van der Waals surface area contributed by atoms with Gasteiger partial charge in [-0.1, -0.05) is 35.9 Å². The van der Waals surface area contributed by atoms with Gasteiger partial charge in [0.2, 0.25) is 0 Å². The van der Waals surface area contributed by atoms with Gasteiger partial charge in [-0.15, -0.1) is 11.3 Å². The third-order valence-corrected chi connectivity index (χ3v) is 5.19. The molecule has 1 aliphatic heterocycles. The minimum Gasteiger partial charge on any atom is -0.379 e. The van der Waals surface area contributed by atoms with E-state index < -0.39 is 0 Å². The maximum Gasteiger partial charge on any atom is 0.0594 e. The van der Waals surface area contributed by atoms with E-state index in [9.17, 15) is 0 Å². The molecule has 5 heteroatoms. The van der Waals surface area contributed by atoms with E-state index in [0.29, 0.717) is 0 Å². The van der Waals surface area contributed by atoms with Crippen LogP contribution in [0.5, 0.6) is 0 Å². The largest absolute Gasteiger partial charge is 0.379 e. The second-order valence-corrected chi connectivity index (χ2v) is 6.84. The zero-order valence-electron chi connectivity index (χ0n) is 12.5. The third kappa shape index (κ3) is 4.09. The van der Waals surface area contributed by atoms with E-state index in [1.54, 1.807) is 11.3 Å². The standard InChI is InChI=1S/C17H21ClN2OS/c18-16-6-2-1-5-15(16)17(20-7-9-21-10-8-20)13-19-12-14-4-3-11-22-14/h1-6,11,17,19H,7-10,12-13H2. The van der Waals surface area contributed by atoms with Gasteiger partial charge in [-0.05, 0) is 23.1 Å². The summed E-state index contributed by atoms with van der Waals surface area (Å²) in [6, 6.07) is 12.7. The highest BCUT2D eigenvalue weighted by molar-refractivity contribution is 7.09. The van der Waals surface area contributed by atoms with Crippen molar-refractivity contribution in [3.63, 3.8) is 0 Å². The molecule has 1 atom stereocenters. The number of benzene rings is 1. The molecule has 1 unspecified atom stereocenters. The summed E-state index contributed by atoms with van der Waals surface area (Å²) >= 11 is 8.22. The molecule has 0 amide bonds. The topological polar surface area (TPSA) is 24.5 Å². The van der Waals surface area contributed by atoms with Gasteiger partial charge in [0.25, 0.3) is 0 Å². The first-order valence-electron chi connectivity index (χ1n) is 7.64. The monoisotopic (exact) mass is 336 g/mol. The van der Waals surface area contributed by atoms with Crippen molar-refractivity contribution in [2.75, 3.05) is 32.8 Å². The predicted molar refractivity (Wildman–Crippen MR) is 92.6 cm³/mol. The Kier molecular flexibility index (Phi) is 5.87. The second kappa shape index (κ2) is 8.09. The van der Waals surface area contributed by atoms with E-state index in [4.69, 9.17) is 16.3 Å². The zero-order valence-corrected chi connectivity index (χ0v) is 14.1. The van der Waals surface area contributed by atoms with Crippen LogP contribution in [-0.2, 0) is 11.3 Å². The maximum absolute atomic E-state index is 6.43. The van der Waals surface area contributed by atoms with Crippen molar-refractivity contribution in [1.29, 1.82) is 0 Å². The van der Waals surface area contributed by atoms with Crippen molar-refractivity contribution in [2.45, 2.75) is 12.6 Å². The van der Waals surface area contributed by atoms with Gasteiger partial charge in [0.1, 0.15) is 0 Å². The Morgan fingerprint density at radius 3 is 2.73 bits per heavy atom. The molecule has 1 aromatic heterocycles. The molecule has 1 saturated heterocycles. The van der Waals surface area contributed by atoms with Crippen molar-refractivity contribution in [3.05, 3.63) is 57.2 Å². The third-order valence-electron chi connectivity index (χ3n) is 3.97. The van der Waals surface area contributed by atoms with Crippen LogP contribution >= 0.6 is 22.9 Å². The number of nitrogens with zero attached hydrogens (tertiary/aromatic N) is 1. The first-order valence-corrected chi connectivity index (χ1v) is 8.89. The van der Waals surface area contributed by atoms with E-state index in [2.05, 4.69) is 39.9 Å². The molecule has 2 aromatic rings. The molecule has 118 valence electrons. The Hall–Kier alpha value is -0.910. The summed E-state index contributed by atoms with van der Waals surface area (Å²) in [6.07, 6.45) is 0. The van der Waals surface area contributed by atoms with Crippen LogP contribution in [0.15, 0.2) is 41.8 Å². The average molecular weight is 337 g/mol. The number of rotatable bonds is 6. The van der Waals surface area contributed by atoms with Crippen LogP contribution in [0.3, 0.4) is 0 Å². The fourth-order valence-electron chi connectivity index (χ4n) is 2.82. The van der Waals surface area contributed by atoms with Gasteiger partial charge in [-0.3, -0.25) is 4.90 Å².